The van der Waals surface area contributed by atoms with E-state index in [2.05, 4.69) is 20.9 Å². The van der Waals surface area contributed by atoms with Crippen molar-refractivity contribution in [2.75, 3.05) is 11.4 Å². The second-order valence-corrected chi connectivity index (χ2v) is 4.44. The molecule has 0 amide bonds. The maximum absolute atomic E-state index is 11.0. The molecular formula is C10H11BrN2O2. The van der Waals surface area contributed by atoms with Crippen LogP contribution in [-0.4, -0.2) is 28.6 Å². The lowest BCUT2D eigenvalue weighted by molar-refractivity contribution is -0.138. The summed E-state index contributed by atoms with van der Waals surface area (Å²) in [6, 6.07) is 3.25. The van der Waals surface area contributed by atoms with Gasteiger partial charge in [0.15, 0.2) is 0 Å². The third-order valence-electron chi connectivity index (χ3n) is 2.54. The van der Waals surface area contributed by atoms with E-state index in [-0.39, 0.29) is 0 Å². The summed E-state index contributed by atoms with van der Waals surface area (Å²) in [5.41, 5.74) is 0. The number of nitrogens with zero attached hydrogens (tertiary/aromatic N) is 2. The van der Waals surface area contributed by atoms with Gasteiger partial charge in [-0.25, -0.2) is 9.78 Å². The summed E-state index contributed by atoms with van der Waals surface area (Å²) >= 11 is 3.35. The first kappa shape index (κ1) is 10.4. The lowest BCUT2D eigenvalue weighted by atomic mass is 10.2. The molecule has 0 radical (unpaired) electrons. The van der Waals surface area contributed by atoms with E-state index >= 15 is 0 Å². The Hall–Kier alpha value is -1.10. The summed E-state index contributed by atoms with van der Waals surface area (Å²) in [6.07, 6.45) is 3.28. The number of halogens is 1. The molecule has 1 aliphatic rings. The minimum atomic E-state index is -0.769. The Morgan fingerprint density at radius 1 is 1.67 bits per heavy atom. The van der Waals surface area contributed by atoms with Crippen molar-refractivity contribution >= 4 is 27.7 Å². The summed E-state index contributed by atoms with van der Waals surface area (Å²) in [4.78, 5) is 17.0. The Morgan fingerprint density at radius 3 is 3.13 bits per heavy atom. The van der Waals surface area contributed by atoms with Crippen molar-refractivity contribution in [3.05, 3.63) is 22.8 Å². The van der Waals surface area contributed by atoms with E-state index in [4.69, 9.17) is 5.11 Å². The molecule has 0 spiro atoms. The molecule has 4 nitrogen and oxygen atoms in total. The normalized spacial score (nSPS) is 20.6. The van der Waals surface area contributed by atoms with E-state index < -0.39 is 12.0 Å². The molecule has 1 saturated heterocycles. The Balaban J connectivity index is 2.26. The van der Waals surface area contributed by atoms with Crippen LogP contribution in [0.2, 0.25) is 0 Å². The van der Waals surface area contributed by atoms with Gasteiger partial charge in [0.05, 0.1) is 0 Å². The van der Waals surface area contributed by atoms with E-state index in [1.54, 1.807) is 6.20 Å². The van der Waals surface area contributed by atoms with E-state index in [0.29, 0.717) is 6.42 Å². The zero-order valence-corrected chi connectivity index (χ0v) is 9.64. The molecule has 2 rings (SSSR count). The van der Waals surface area contributed by atoms with Gasteiger partial charge >= 0.3 is 5.97 Å². The molecule has 0 aliphatic carbocycles. The van der Waals surface area contributed by atoms with Gasteiger partial charge in [-0.3, -0.25) is 0 Å². The van der Waals surface area contributed by atoms with Crippen LogP contribution in [0.5, 0.6) is 0 Å². The van der Waals surface area contributed by atoms with E-state index in [0.717, 1.165) is 23.3 Å². The minimum Gasteiger partial charge on any atom is -0.480 e. The van der Waals surface area contributed by atoms with Crippen LogP contribution in [0.1, 0.15) is 12.8 Å². The van der Waals surface area contributed by atoms with Gasteiger partial charge in [0.25, 0.3) is 0 Å². The predicted octanol–water partition coefficient (Wildman–Crippen LogP) is 1.90. The standard InChI is InChI=1S/C10H11BrN2O2/c11-7-3-4-12-9(6-7)13-5-1-2-8(13)10(14)15/h3-4,6,8H,1-2,5H2,(H,14,15). The molecule has 1 unspecified atom stereocenters. The monoisotopic (exact) mass is 270 g/mol. The number of hydrogen-bond donors (Lipinski definition) is 1. The largest absolute Gasteiger partial charge is 0.480 e. The number of aromatic nitrogens is 1. The third-order valence-corrected chi connectivity index (χ3v) is 3.03. The summed E-state index contributed by atoms with van der Waals surface area (Å²) in [5, 5.41) is 9.03. The zero-order valence-electron chi connectivity index (χ0n) is 8.06. The van der Waals surface area contributed by atoms with Crippen LogP contribution in [0.3, 0.4) is 0 Å². The highest BCUT2D eigenvalue weighted by molar-refractivity contribution is 9.10. The average molecular weight is 271 g/mol. The Bertz CT molecular complexity index is 383. The van der Waals surface area contributed by atoms with Gasteiger partial charge in [0, 0.05) is 17.2 Å². The molecule has 1 atom stereocenters. The van der Waals surface area contributed by atoms with E-state index in [9.17, 15) is 4.79 Å². The first-order valence-electron chi connectivity index (χ1n) is 4.79. The van der Waals surface area contributed by atoms with Crippen molar-refractivity contribution in [1.29, 1.82) is 0 Å². The molecule has 1 aromatic rings. The SMILES string of the molecule is O=C(O)C1CCCN1c1cc(Br)ccn1. The molecule has 15 heavy (non-hydrogen) atoms. The second kappa shape index (κ2) is 4.18. The number of carboxylic acid groups (broad SMARTS) is 1. The molecule has 0 saturated carbocycles. The van der Waals surface area contributed by atoms with Crippen LogP contribution < -0.4 is 4.90 Å². The van der Waals surface area contributed by atoms with E-state index in [1.807, 2.05) is 17.0 Å². The summed E-state index contributed by atoms with van der Waals surface area (Å²) in [7, 11) is 0. The number of pyridine rings is 1. The van der Waals surface area contributed by atoms with E-state index in [1.165, 1.54) is 0 Å². The molecule has 80 valence electrons. The van der Waals surface area contributed by atoms with Gasteiger partial charge in [0.2, 0.25) is 0 Å². The summed E-state index contributed by atoms with van der Waals surface area (Å²) in [5.74, 6) is -0.0384. The fourth-order valence-corrected chi connectivity index (χ4v) is 2.17. The Labute approximate surface area is 96.1 Å². The topological polar surface area (TPSA) is 53.4 Å². The molecule has 5 heteroatoms. The summed E-state index contributed by atoms with van der Waals surface area (Å²) < 4.78 is 0.920. The fourth-order valence-electron chi connectivity index (χ4n) is 1.85. The van der Waals surface area contributed by atoms with Crippen molar-refractivity contribution in [3.63, 3.8) is 0 Å². The van der Waals surface area contributed by atoms with Gasteiger partial charge in [-0.05, 0) is 25.0 Å². The third kappa shape index (κ3) is 2.12. The van der Waals surface area contributed by atoms with Gasteiger partial charge in [0.1, 0.15) is 11.9 Å². The first-order chi connectivity index (χ1) is 7.18. The molecule has 1 aromatic heterocycles. The molecule has 0 aromatic carbocycles. The second-order valence-electron chi connectivity index (χ2n) is 3.52. The molecule has 1 aliphatic heterocycles. The van der Waals surface area contributed by atoms with Crippen LogP contribution in [0.15, 0.2) is 22.8 Å². The van der Waals surface area contributed by atoms with Crippen molar-refractivity contribution in [2.24, 2.45) is 0 Å². The number of hydrogen-bond acceptors (Lipinski definition) is 3. The highest BCUT2D eigenvalue weighted by Crippen LogP contribution is 2.25. The maximum Gasteiger partial charge on any atom is 0.326 e. The number of carboxylic acids is 1. The Kier molecular flexibility index (Phi) is 2.90. The fraction of sp³-hybridized carbons (Fsp3) is 0.400. The number of anilines is 1. The van der Waals surface area contributed by atoms with Gasteiger partial charge in [-0.2, -0.15) is 0 Å². The van der Waals surface area contributed by atoms with Gasteiger partial charge in [-0.1, -0.05) is 15.9 Å². The average Bonchev–Trinajstić information content (AvgIpc) is 2.65. The van der Waals surface area contributed by atoms with Gasteiger partial charge < -0.3 is 10.0 Å². The molecule has 2 heterocycles. The maximum atomic E-state index is 11.0. The predicted molar refractivity (Wildman–Crippen MR) is 59.9 cm³/mol. The quantitative estimate of drug-likeness (QED) is 0.892. The van der Waals surface area contributed by atoms with Crippen LogP contribution >= 0.6 is 15.9 Å². The van der Waals surface area contributed by atoms with Crippen molar-refractivity contribution in [2.45, 2.75) is 18.9 Å². The minimum absolute atomic E-state index is 0.424. The molecule has 0 bridgehead atoms. The number of aliphatic carboxylic acids is 1. The molecule has 1 fully saturated rings. The highest BCUT2D eigenvalue weighted by atomic mass is 79.9. The van der Waals surface area contributed by atoms with Crippen LogP contribution in [0, 0.1) is 0 Å². The van der Waals surface area contributed by atoms with Gasteiger partial charge in [-0.15, -0.1) is 0 Å². The van der Waals surface area contributed by atoms with Crippen LogP contribution in [0.4, 0.5) is 5.82 Å². The van der Waals surface area contributed by atoms with Crippen LogP contribution in [-0.2, 0) is 4.79 Å². The highest BCUT2D eigenvalue weighted by Gasteiger charge is 2.31. The zero-order chi connectivity index (χ0) is 10.8. The Morgan fingerprint density at radius 2 is 2.47 bits per heavy atom. The van der Waals surface area contributed by atoms with Crippen molar-refractivity contribution in [3.8, 4) is 0 Å². The number of rotatable bonds is 2. The number of carbonyl (C=O) groups is 1. The van der Waals surface area contributed by atoms with Crippen molar-refractivity contribution < 1.29 is 9.90 Å². The lowest BCUT2D eigenvalue weighted by Crippen LogP contribution is -2.36. The smallest absolute Gasteiger partial charge is 0.326 e. The lowest BCUT2D eigenvalue weighted by Gasteiger charge is -2.22. The molecule has 1 N–H and O–H groups in total. The summed E-state index contributed by atoms with van der Waals surface area (Å²) in [6.45, 7) is 0.764. The van der Waals surface area contributed by atoms with Crippen molar-refractivity contribution in [1.82, 2.24) is 4.98 Å². The first-order valence-corrected chi connectivity index (χ1v) is 5.59. The molecular weight excluding hydrogens is 260 g/mol. The van der Waals surface area contributed by atoms with Crippen LogP contribution in [0.25, 0.3) is 0 Å².